The Morgan fingerprint density at radius 3 is 3.27 bits per heavy atom. The number of aromatic nitrogens is 1. The number of thioether (sulfide) groups is 1. The first kappa shape index (κ1) is 11.0. The second-order valence-electron chi connectivity index (χ2n) is 3.97. The van der Waals surface area contributed by atoms with Crippen LogP contribution in [0.4, 0.5) is 0 Å². The largest absolute Gasteiger partial charge is 0.449 e. The van der Waals surface area contributed by atoms with Crippen molar-refractivity contribution in [1.29, 1.82) is 0 Å². The maximum Gasteiger partial charge on any atom is 0.194 e. The van der Waals surface area contributed by atoms with E-state index in [9.17, 15) is 0 Å². The molecule has 0 saturated carbocycles. The van der Waals surface area contributed by atoms with Gasteiger partial charge in [0.1, 0.15) is 6.26 Å². The summed E-state index contributed by atoms with van der Waals surface area (Å²) in [4.78, 5) is 4.54. The molecule has 0 bridgehead atoms. The molecule has 1 aliphatic rings. The molecule has 1 aliphatic heterocycles. The van der Waals surface area contributed by atoms with E-state index in [-0.39, 0.29) is 0 Å². The molecule has 4 heteroatoms. The summed E-state index contributed by atoms with van der Waals surface area (Å²) in [6, 6.07) is 0. The predicted molar refractivity (Wildman–Crippen MR) is 63.2 cm³/mol. The van der Waals surface area contributed by atoms with Gasteiger partial charge in [0.05, 0.1) is 5.69 Å². The van der Waals surface area contributed by atoms with Gasteiger partial charge in [-0.3, -0.25) is 0 Å². The number of oxazole rings is 1. The monoisotopic (exact) mass is 226 g/mol. The summed E-state index contributed by atoms with van der Waals surface area (Å²) in [6.45, 7) is 0.705. The highest BCUT2D eigenvalue weighted by atomic mass is 32.2. The number of nitrogens with zero attached hydrogens (tertiary/aromatic N) is 1. The van der Waals surface area contributed by atoms with Gasteiger partial charge in [0.2, 0.25) is 0 Å². The van der Waals surface area contributed by atoms with Crippen LogP contribution in [0.5, 0.6) is 0 Å². The van der Waals surface area contributed by atoms with Crippen molar-refractivity contribution in [3.63, 3.8) is 0 Å². The topological polar surface area (TPSA) is 52.0 Å². The van der Waals surface area contributed by atoms with Crippen molar-refractivity contribution < 1.29 is 4.42 Å². The molecule has 2 heterocycles. The lowest BCUT2D eigenvalue weighted by molar-refractivity contribution is 0.487. The molecule has 0 aliphatic carbocycles. The number of nitrogens with two attached hydrogens (primary N) is 1. The zero-order chi connectivity index (χ0) is 10.5. The molecule has 1 aromatic rings. The predicted octanol–water partition coefficient (Wildman–Crippen LogP) is 2.18. The van der Waals surface area contributed by atoms with Crippen molar-refractivity contribution in [3.8, 4) is 0 Å². The molecule has 2 N–H and O–H groups in total. The fraction of sp³-hybridized carbons (Fsp3) is 0.727. The normalized spacial score (nSPS) is 21.8. The van der Waals surface area contributed by atoms with Gasteiger partial charge in [-0.05, 0) is 31.6 Å². The zero-order valence-corrected chi connectivity index (χ0v) is 9.76. The van der Waals surface area contributed by atoms with Gasteiger partial charge in [0.25, 0.3) is 0 Å². The summed E-state index contributed by atoms with van der Waals surface area (Å²) in [5.74, 6) is 3.96. The highest BCUT2D eigenvalue weighted by molar-refractivity contribution is 7.99. The Balaban J connectivity index is 1.93. The second kappa shape index (κ2) is 5.56. The third-order valence-corrected chi connectivity index (χ3v) is 3.96. The maximum atomic E-state index is 5.45. The molecule has 0 radical (unpaired) electrons. The third-order valence-electron chi connectivity index (χ3n) is 2.74. The summed E-state index contributed by atoms with van der Waals surface area (Å²) in [5, 5.41) is 0. The van der Waals surface area contributed by atoms with Gasteiger partial charge in [-0.15, -0.1) is 0 Å². The minimum atomic E-state index is 0.610. The second-order valence-corrected chi connectivity index (χ2v) is 5.12. The van der Waals surface area contributed by atoms with Crippen molar-refractivity contribution >= 4 is 11.8 Å². The molecule has 1 atom stereocenters. The fourth-order valence-corrected chi connectivity index (χ4v) is 3.01. The Bertz CT molecular complexity index is 295. The Morgan fingerprint density at radius 2 is 2.53 bits per heavy atom. The van der Waals surface area contributed by atoms with E-state index in [2.05, 4.69) is 4.98 Å². The SMILES string of the molecule is NCCCc1nc(C2CCCSC2)co1. The lowest BCUT2D eigenvalue weighted by Gasteiger charge is -2.18. The molecule has 1 unspecified atom stereocenters. The van der Waals surface area contributed by atoms with Crippen LogP contribution in [0.3, 0.4) is 0 Å². The molecule has 1 saturated heterocycles. The van der Waals surface area contributed by atoms with Crippen LogP contribution in [-0.2, 0) is 6.42 Å². The lowest BCUT2D eigenvalue weighted by Crippen LogP contribution is -2.09. The molecule has 0 amide bonds. The summed E-state index contributed by atoms with van der Waals surface area (Å²) >= 11 is 2.02. The molecular formula is C11H18N2OS. The number of rotatable bonds is 4. The number of aryl methyl sites for hydroxylation is 1. The third kappa shape index (κ3) is 2.98. The van der Waals surface area contributed by atoms with Crippen molar-refractivity contribution in [1.82, 2.24) is 4.98 Å². The Labute approximate surface area is 94.8 Å². The zero-order valence-electron chi connectivity index (χ0n) is 8.95. The average Bonchev–Trinajstić information content (AvgIpc) is 2.76. The molecule has 84 valence electrons. The Hall–Kier alpha value is -0.480. The Morgan fingerprint density at radius 1 is 1.60 bits per heavy atom. The van der Waals surface area contributed by atoms with E-state index in [1.807, 2.05) is 18.0 Å². The van der Waals surface area contributed by atoms with Crippen LogP contribution in [0.25, 0.3) is 0 Å². The van der Waals surface area contributed by atoms with Crippen LogP contribution in [0, 0.1) is 0 Å². The molecule has 0 spiro atoms. The van der Waals surface area contributed by atoms with Crippen molar-refractivity contribution in [3.05, 3.63) is 17.8 Å². The standard InChI is InChI=1S/C11H18N2OS/c12-5-1-4-11-13-10(7-14-11)9-3-2-6-15-8-9/h7,9H,1-6,8,12H2. The van der Waals surface area contributed by atoms with Crippen LogP contribution < -0.4 is 5.73 Å². The molecule has 15 heavy (non-hydrogen) atoms. The summed E-state index contributed by atoms with van der Waals surface area (Å²) in [7, 11) is 0. The van der Waals surface area contributed by atoms with E-state index in [0.717, 1.165) is 24.4 Å². The van der Waals surface area contributed by atoms with E-state index in [1.54, 1.807) is 0 Å². The molecule has 0 aromatic carbocycles. The molecule has 3 nitrogen and oxygen atoms in total. The van der Waals surface area contributed by atoms with Crippen LogP contribution >= 0.6 is 11.8 Å². The highest BCUT2D eigenvalue weighted by Gasteiger charge is 2.19. The lowest BCUT2D eigenvalue weighted by atomic mass is 10.0. The van der Waals surface area contributed by atoms with Gasteiger partial charge in [-0.2, -0.15) is 11.8 Å². The quantitative estimate of drug-likeness (QED) is 0.855. The highest BCUT2D eigenvalue weighted by Crippen LogP contribution is 2.30. The molecule has 2 rings (SSSR count). The Kier molecular flexibility index (Phi) is 4.09. The molecule has 1 fully saturated rings. The van der Waals surface area contributed by atoms with E-state index >= 15 is 0 Å². The van der Waals surface area contributed by atoms with Crippen molar-refractivity contribution in [2.75, 3.05) is 18.1 Å². The van der Waals surface area contributed by atoms with Gasteiger partial charge < -0.3 is 10.2 Å². The van der Waals surface area contributed by atoms with Crippen LogP contribution in [0.1, 0.15) is 36.8 Å². The minimum Gasteiger partial charge on any atom is -0.449 e. The van der Waals surface area contributed by atoms with Crippen LogP contribution in [0.2, 0.25) is 0 Å². The van der Waals surface area contributed by atoms with Crippen LogP contribution in [0.15, 0.2) is 10.7 Å². The van der Waals surface area contributed by atoms with E-state index in [0.29, 0.717) is 12.5 Å². The summed E-state index contributed by atoms with van der Waals surface area (Å²) in [6.07, 6.45) is 6.23. The van der Waals surface area contributed by atoms with Gasteiger partial charge in [-0.25, -0.2) is 4.98 Å². The fourth-order valence-electron chi connectivity index (χ4n) is 1.85. The summed E-state index contributed by atoms with van der Waals surface area (Å²) < 4.78 is 5.44. The smallest absolute Gasteiger partial charge is 0.194 e. The van der Waals surface area contributed by atoms with Gasteiger partial charge >= 0.3 is 0 Å². The first-order valence-electron chi connectivity index (χ1n) is 5.62. The van der Waals surface area contributed by atoms with Gasteiger partial charge in [0, 0.05) is 18.1 Å². The van der Waals surface area contributed by atoms with E-state index in [1.165, 1.54) is 24.3 Å². The first-order chi connectivity index (χ1) is 7.40. The first-order valence-corrected chi connectivity index (χ1v) is 6.77. The minimum absolute atomic E-state index is 0.610. The van der Waals surface area contributed by atoms with Crippen molar-refractivity contribution in [2.24, 2.45) is 5.73 Å². The van der Waals surface area contributed by atoms with E-state index < -0.39 is 0 Å². The molecular weight excluding hydrogens is 208 g/mol. The van der Waals surface area contributed by atoms with Gasteiger partial charge in [0.15, 0.2) is 5.89 Å². The van der Waals surface area contributed by atoms with Crippen molar-refractivity contribution in [2.45, 2.75) is 31.6 Å². The maximum absolute atomic E-state index is 5.45. The van der Waals surface area contributed by atoms with Gasteiger partial charge in [-0.1, -0.05) is 0 Å². The summed E-state index contributed by atoms with van der Waals surface area (Å²) in [5.41, 5.74) is 6.60. The van der Waals surface area contributed by atoms with E-state index in [4.69, 9.17) is 10.2 Å². The average molecular weight is 226 g/mol. The number of hydrogen-bond donors (Lipinski definition) is 1. The molecule has 1 aromatic heterocycles. The van der Waals surface area contributed by atoms with Crippen LogP contribution in [-0.4, -0.2) is 23.0 Å². The number of hydrogen-bond acceptors (Lipinski definition) is 4.